The maximum Gasteiger partial charge on any atom is 0.336 e. The molecular formula is C20H18N2O4. The summed E-state index contributed by atoms with van der Waals surface area (Å²) in [7, 11) is 1.32. The van der Waals surface area contributed by atoms with E-state index in [1.54, 1.807) is 12.1 Å². The smallest absolute Gasteiger partial charge is 0.336 e. The van der Waals surface area contributed by atoms with Crippen LogP contribution in [0, 0.1) is 16.0 Å². The van der Waals surface area contributed by atoms with Crippen LogP contribution in [0.4, 0.5) is 5.69 Å². The van der Waals surface area contributed by atoms with E-state index >= 15 is 0 Å². The quantitative estimate of drug-likeness (QED) is 0.516. The lowest BCUT2D eigenvalue weighted by Gasteiger charge is -2.26. The van der Waals surface area contributed by atoms with E-state index in [0.29, 0.717) is 16.8 Å². The molecule has 6 heteroatoms. The highest BCUT2D eigenvalue weighted by atomic mass is 16.6. The second kappa shape index (κ2) is 7.23. The molecule has 132 valence electrons. The molecule has 0 saturated carbocycles. The normalized spacial score (nSPS) is 16.5. The van der Waals surface area contributed by atoms with Crippen LogP contribution >= 0.6 is 0 Å². The van der Waals surface area contributed by atoms with E-state index in [9.17, 15) is 14.9 Å². The van der Waals surface area contributed by atoms with Crippen molar-refractivity contribution < 1.29 is 14.5 Å². The van der Waals surface area contributed by atoms with Crippen molar-refractivity contribution >= 4 is 23.1 Å². The molecule has 2 aromatic rings. The lowest BCUT2D eigenvalue weighted by Crippen LogP contribution is -2.25. The highest BCUT2D eigenvalue weighted by Gasteiger charge is 2.28. The van der Waals surface area contributed by atoms with Crippen molar-refractivity contribution in [2.75, 3.05) is 7.11 Å². The fraction of sp³-hybridized carbons (Fsp3) is 0.150. The van der Waals surface area contributed by atoms with Crippen LogP contribution in [0.25, 0.3) is 11.4 Å². The molecule has 0 bridgehead atoms. The third-order valence-electron chi connectivity index (χ3n) is 4.24. The van der Waals surface area contributed by atoms with Crippen molar-refractivity contribution in [2.45, 2.75) is 6.92 Å². The first-order chi connectivity index (χ1) is 12.5. The number of hydrogen-bond acceptors (Lipinski definition) is 5. The Hall–Kier alpha value is -3.41. The summed E-state index contributed by atoms with van der Waals surface area (Å²) in [4.78, 5) is 23.0. The van der Waals surface area contributed by atoms with Gasteiger partial charge in [0.1, 0.15) is 0 Å². The average molecular weight is 350 g/mol. The number of nitro groups is 1. The SMILES string of the molecule is COC(=O)C1=C(c2cccc([N+](=O)[O-])c2)NC(c2ccccc2)=CC1C. The van der Waals surface area contributed by atoms with Crippen molar-refractivity contribution in [1.82, 2.24) is 5.32 Å². The van der Waals surface area contributed by atoms with Gasteiger partial charge in [0.05, 0.1) is 23.3 Å². The molecular weight excluding hydrogens is 332 g/mol. The number of benzene rings is 2. The molecule has 0 fully saturated rings. The molecule has 0 aromatic heterocycles. The fourth-order valence-corrected chi connectivity index (χ4v) is 2.99. The van der Waals surface area contributed by atoms with Gasteiger partial charge in [0, 0.05) is 29.3 Å². The Balaban J connectivity index is 2.11. The molecule has 2 aromatic carbocycles. The minimum absolute atomic E-state index is 0.0375. The van der Waals surface area contributed by atoms with E-state index < -0.39 is 10.9 Å². The zero-order valence-corrected chi connectivity index (χ0v) is 14.4. The Morgan fingerprint density at radius 3 is 2.46 bits per heavy atom. The topological polar surface area (TPSA) is 81.5 Å². The molecule has 1 unspecified atom stereocenters. The zero-order valence-electron chi connectivity index (χ0n) is 14.4. The molecule has 0 amide bonds. The van der Waals surface area contributed by atoms with Crippen LogP contribution in [-0.4, -0.2) is 18.0 Å². The first kappa shape index (κ1) is 17.4. The predicted octanol–water partition coefficient (Wildman–Crippen LogP) is 3.76. The maximum absolute atomic E-state index is 12.3. The standard InChI is InChI=1S/C20H18N2O4/c1-13-11-17(14-7-4-3-5-8-14)21-19(18(13)20(23)26-2)15-9-6-10-16(12-15)22(24)25/h3-13,21H,1-2H3. The van der Waals surface area contributed by atoms with E-state index in [-0.39, 0.29) is 11.6 Å². The summed E-state index contributed by atoms with van der Waals surface area (Å²) >= 11 is 0. The number of ether oxygens (including phenoxy) is 1. The average Bonchev–Trinajstić information content (AvgIpc) is 2.67. The van der Waals surface area contributed by atoms with E-state index in [0.717, 1.165) is 11.3 Å². The van der Waals surface area contributed by atoms with Crippen LogP contribution in [0.2, 0.25) is 0 Å². The summed E-state index contributed by atoms with van der Waals surface area (Å²) in [5.41, 5.74) is 3.29. The summed E-state index contributed by atoms with van der Waals surface area (Å²) in [6.07, 6.45) is 1.95. The molecule has 0 radical (unpaired) electrons. The number of methoxy groups -OCH3 is 1. The van der Waals surface area contributed by atoms with Gasteiger partial charge in [-0.25, -0.2) is 4.79 Å². The molecule has 26 heavy (non-hydrogen) atoms. The van der Waals surface area contributed by atoms with Gasteiger partial charge in [0.2, 0.25) is 0 Å². The Morgan fingerprint density at radius 2 is 1.81 bits per heavy atom. The van der Waals surface area contributed by atoms with Crippen LogP contribution in [0.15, 0.2) is 66.2 Å². The number of nitrogens with one attached hydrogen (secondary N) is 1. The maximum atomic E-state index is 12.3. The van der Waals surface area contributed by atoms with Crippen molar-refractivity contribution in [3.8, 4) is 0 Å². The fourth-order valence-electron chi connectivity index (χ4n) is 2.99. The van der Waals surface area contributed by atoms with E-state index in [2.05, 4.69) is 5.32 Å². The van der Waals surface area contributed by atoms with E-state index in [1.165, 1.54) is 19.2 Å². The molecule has 1 aliphatic heterocycles. The molecule has 1 heterocycles. The number of carbonyl (C=O) groups excluding carboxylic acids is 1. The van der Waals surface area contributed by atoms with Gasteiger partial charge in [-0.2, -0.15) is 0 Å². The second-order valence-electron chi connectivity index (χ2n) is 5.95. The van der Waals surface area contributed by atoms with Crippen LogP contribution in [-0.2, 0) is 9.53 Å². The van der Waals surface area contributed by atoms with Gasteiger partial charge >= 0.3 is 5.97 Å². The van der Waals surface area contributed by atoms with Gasteiger partial charge < -0.3 is 10.1 Å². The molecule has 0 spiro atoms. The van der Waals surface area contributed by atoms with Crippen LogP contribution in [0.5, 0.6) is 0 Å². The van der Waals surface area contributed by atoms with E-state index in [1.807, 2.05) is 43.3 Å². The molecule has 0 aliphatic carbocycles. The number of non-ortho nitro benzene ring substituents is 1. The highest BCUT2D eigenvalue weighted by molar-refractivity contribution is 6.01. The Bertz CT molecular complexity index is 916. The van der Waals surface area contributed by atoms with Crippen molar-refractivity contribution in [2.24, 2.45) is 5.92 Å². The third-order valence-corrected chi connectivity index (χ3v) is 4.24. The third kappa shape index (κ3) is 3.35. The van der Waals surface area contributed by atoms with Crippen LogP contribution < -0.4 is 5.32 Å². The number of rotatable bonds is 4. The largest absolute Gasteiger partial charge is 0.466 e. The van der Waals surface area contributed by atoms with Gasteiger partial charge in [0.25, 0.3) is 5.69 Å². The predicted molar refractivity (Wildman–Crippen MR) is 98.8 cm³/mol. The van der Waals surface area contributed by atoms with Gasteiger partial charge in [0.15, 0.2) is 0 Å². The number of hydrogen-bond donors (Lipinski definition) is 1. The van der Waals surface area contributed by atoms with Crippen molar-refractivity contribution in [3.05, 3.63) is 87.5 Å². The van der Waals surface area contributed by atoms with Gasteiger partial charge in [-0.05, 0) is 5.56 Å². The van der Waals surface area contributed by atoms with E-state index in [4.69, 9.17) is 4.74 Å². The molecule has 0 saturated heterocycles. The number of nitrogens with zero attached hydrogens (tertiary/aromatic N) is 1. The molecule has 1 aliphatic rings. The summed E-state index contributed by atoms with van der Waals surface area (Å²) in [5, 5.41) is 14.4. The van der Waals surface area contributed by atoms with Crippen LogP contribution in [0.1, 0.15) is 18.1 Å². The molecule has 1 N–H and O–H groups in total. The van der Waals surface area contributed by atoms with Gasteiger partial charge in [-0.3, -0.25) is 10.1 Å². The van der Waals surface area contributed by atoms with Gasteiger partial charge in [-0.1, -0.05) is 55.5 Å². The number of allylic oxidation sites excluding steroid dienone is 1. The Morgan fingerprint density at radius 1 is 1.12 bits per heavy atom. The first-order valence-electron chi connectivity index (χ1n) is 8.13. The Labute approximate surface area is 151 Å². The lowest BCUT2D eigenvalue weighted by atomic mass is 9.90. The molecule has 1 atom stereocenters. The Kier molecular flexibility index (Phi) is 4.84. The summed E-state index contributed by atoms with van der Waals surface area (Å²) < 4.78 is 4.93. The number of nitro benzene ring substituents is 1. The lowest BCUT2D eigenvalue weighted by molar-refractivity contribution is -0.384. The highest BCUT2D eigenvalue weighted by Crippen LogP contribution is 2.33. The van der Waals surface area contributed by atoms with Crippen LogP contribution in [0.3, 0.4) is 0 Å². The number of carbonyl (C=O) groups is 1. The van der Waals surface area contributed by atoms with Crippen molar-refractivity contribution in [1.29, 1.82) is 0 Å². The summed E-state index contributed by atoms with van der Waals surface area (Å²) in [6.45, 7) is 1.90. The van der Waals surface area contributed by atoms with Crippen molar-refractivity contribution in [3.63, 3.8) is 0 Å². The second-order valence-corrected chi connectivity index (χ2v) is 5.95. The van der Waals surface area contributed by atoms with Gasteiger partial charge in [-0.15, -0.1) is 0 Å². The minimum Gasteiger partial charge on any atom is -0.466 e. The summed E-state index contributed by atoms with van der Waals surface area (Å²) in [6, 6.07) is 15.9. The number of esters is 1. The zero-order chi connectivity index (χ0) is 18.7. The molecule has 6 nitrogen and oxygen atoms in total. The summed E-state index contributed by atoms with van der Waals surface area (Å²) in [5.74, 6) is -0.678. The first-order valence-corrected chi connectivity index (χ1v) is 8.13. The molecule has 3 rings (SSSR count). The number of dihydropyridines is 1. The monoisotopic (exact) mass is 350 g/mol. The minimum atomic E-state index is -0.463.